The van der Waals surface area contributed by atoms with E-state index in [1.807, 2.05) is 12.1 Å². The Bertz CT molecular complexity index is 919. The number of halogens is 1. The van der Waals surface area contributed by atoms with Crippen molar-refractivity contribution in [3.63, 3.8) is 0 Å². The van der Waals surface area contributed by atoms with Crippen molar-refractivity contribution in [2.75, 3.05) is 31.2 Å². The lowest BCUT2D eigenvalue weighted by atomic mass is 9.53. The largest absolute Gasteiger partial charge is 0.379 e. The number of anilines is 1. The van der Waals surface area contributed by atoms with Gasteiger partial charge < -0.3 is 4.74 Å². The molecule has 1 atom stereocenters. The normalized spacial score (nSPS) is 39.9. The molecule has 2 heterocycles. The summed E-state index contributed by atoms with van der Waals surface area (Å²) in [6, 6.07) is 8.27. The van der Waals surface area contributed by atoms with Gasteiger partial charge in [-0.05, 0) is 68.4 Å². The minimum atomic E-state index is -0.201. The van der Waals surface area contributed by atoms with Crippen molar-refractivity contribution in [1.82, 2.24) is 4.90 Å². The van der Waals surface area contributed by atoms with Gasteiger partial charge in [-0.15, -0.1) is 0 Å². The fraction of sp³-hybridized carbons (Fsp3) is 0.692. The van der Waals surface area contributed by atoms with Crippen LogP contribution in [0.4, 0.5) is 5.69 Å². The summed E-state index contributed by atoms with van der Waals surface area (Å²) in [4.78, 5) is 11.5. The number of aliphatic imine (C=N–C) groups is 1. The highest BCUT2D eigenvalue weighted by Crippen LogP contribution is 2.58. The van der Waals surface area contributed by atoms with Gasteiger partial charge in [0.2, 0.25) is 0 Å². The molecule has 0 unspecified atom stereocenters. The number of thiocarbonyl (C=S) groups is 1. The highest BCUT2D eigenvalue weighted by molar-refractivity contribution is 7.80. The highest BCUT2D eigenvalue weighted by Gasteiger charge is 2.56. The van der Waals surface area contributed by atoms with Crippen LogP contribution in [0.2, 0.25) is 5.02 Å². The second-order valence-corrected chi connectivity index (χ2v) is 12.3. The third kappa shape index (κ3) is 3.38. The minimum absolute atomic E-state index is 0.0875. The Morgan fingerprint density at radius 2 is 1.59 bits per heavy atom. The van der Waals surface area contributed by atoms with Crippen LogP contribution in [0.5, 0.6) is 0 Å². The van der Waals surface area contributed by atoms with Crippen molar-refractivity contribution in [3.8, 4) is 0 Å². The van der Waals surface area contributed by atoms with Crippen molar-refractivity contribution in [2.24, 2.45) is 28.2 Å². The van der Waals surface area contributed by atoms with Gasteiger partial charge in [0, 0.05) is 18.5 Å². The molecule has 6 aliphatic rings. The van der Waals surface area contributed by atoms with Gasteiger partial charge in [-0.1, -0.05) is 49.8 Å². The molecule has 0 radical (unpaired) electrons. The van der Waals surface area contributed by atoms with Crippen molar-refractivity contribution in [3.05, 3.63) is 29.3 Å². The Labute approximate surface area is 202 Å². The predicted molar refractivity (Wildman–Crippen MR) is 135 cm³/mol. The quantitative estimate of drug-likeness (QED) is 0.538. The molecule has 0 N–H and O–H groups in total. The number of ether oxygens (including phenoxy) is 1. The Morgan fingerprint density at radius 3 is 2.19 bits per heavy atom. The maximum atomic E-state index is 6.75. The van der Waals surface area contributed by atoms with Crippen molar-refractivity contribution in [2.45, 2.75) is 64.0 Å². The highest BCUT2D eigenvalue weighted by atomic mass is 35.5. The van der Waals surface area contributed by atoms with Gasteiger partial charge in [0.05, 0.1) is 40.5 Å². The Morgan fingerprint density at radius 1 is 1.00 bits per heavy atom. The molecule has 2 saturated heterocycles. The van der Waals surface area contributed by atoms with Crippen LogP contribution >= 0.6 is 23.8 Å². The van der Waals surface area contributed by atoms with E-state index < -0.39 is 0 Å². The smallest absolute Gasteiger partial charge is 0.128 e. The maximum Gasteiger partial charge on any atom is 0.128 e. The third-order valence-corrected chi connectivity index (χ3v) is 9.80. The number of benzene rings is 1. The van der Waals surface area contributed by atoms with Crippen LogP contribution in [0.3, 0.4) is 0 Å². The van der Waals surface area contributed by atoms with E-state index in [1.165, 1.54) is 38.5 Å². The number of morpholine rings is 1. The second kappa shape index (κ2) is 7.76. The molecule has 1 aromatic rings. The van der Waals surface area contributed by atoms with Crippen LogP contribution in [0.25, 0.3) is 0 Å². The van der Waals surface area contributed by atoms with E-state index in [-0.39, 0.29) is 17.0 Å². The monoisotopic (exact) mass is 471 g/mol. The van der Waals surface area contributed by atoms with Crippen LogP contribution in [-0.2, 0) is 4.74 Å². The van der Waals surface area contributed by atoms with E-state index >= 15 is 0 Å². The lowest BCUT2D eigenvalue weighted by molar-refractivity contribution is -0.000248. The Kier molecular flexibility index (Phi) is 5.22. The van der Waals surface area contributed by atoms with Gasteiger partial charge in [0.15, 0.2) is 0 Å². The van der Waals surface area contributed by atoms with Crippen molar-refractivity contribution < 1.29 is 4.74 Å². The summed E-state index contributed by atoms with van der Waals surface area (Å²) in [6.45, 7) is 7.98. The van der Waals surface area contributed by atoms with Gasteiger partial charge in [0.25, 0.3) is 0 Å². The molecule has 2 aliphatic heterocycles. The van der Waals surface area contributed by atoms with Crippen LogP contribution in [-0.4, -0.2) is 53.6 Å². The first-order chi connectivity index (χ1) is 15.4. The number of hydrogen-bond donors (Lipinski definition) is 0. The molecule has 4 saturated carbocycles. The summed E-state index contributed by atoms with van der Waals surface area (Å²) in [5.41, 5.74) is 0.864. The molecule has 0 spiro atoms. The average Bonchev–Trinajstić information content (AvgIpc) is 2.93. The topological polar surface area (TPSA) is 28.1 Å². The van der Waals surface area contributed by atoms with E-state index in [0.29, 0.717) is 0 Å². The van der Waals surface area contributed by atoms with Crippen molar-refractivity contribution in [1.29, 1.82) is 0 Å². The standard InChI is InChI=1S/C26H34ClN3OS/c1-25(2)22(29-7-9-31-10-8-29)23(30(24(25)32)21-6-4-3-5-20(21)27)28-26-14-17-11-18(15-26)13-19(12-17)16-26/h3-6,17-19,22H,7-16H2,1-2H3/t17?,18?,19?,22-,26?/m1/s1. The first-order valence-corrected chi connectivity index (χ1v) is 13.2. The van der Waals surface area contributed by atoms with E-state index in [0.717, 1.165) is 65.6 Å². The molecule has 32 heavy (non-hydrogen) atoms. The SMILES string of the molecule is CC1(C)C(=S)N(c2ccccc2Cl)C(=NC23CC4CC(CC(C4)C2)C3)[C@H]1N1CCOCC1. The summed E-state index contributed by atoms with van der Waals surface area (Å²) in [7, 11) is 0. The molecular weight excluding hydrogens is 438 g/mol. The summed E-state index contributed by atoms with van der Waals surface area (Å²) in [6.07, 6.45) is 8.03. The molecular formula is C26H34ClN3OS. The number of hydrogen-bond acceptors (Lipinski definition) is 4. The summed E-state index contributed by atoms with van der Waals surface area (Å²) in [5, 5.41) is 0.742. The molecule has 4 aliphatic carbocycles. The number of nitrogens with zero attached hydrogens (tertiary/aromatic N) is 3. The molecule has 1 aromatic carbocycles. The number of para-hydroxylation sites is 1. The number of amidine groups is 1. The van der Waals surface area contributed by atoms with Crippen molar-refractivity contribution >= 4 is 40.3 Å². The average molecular weight is 472 g/mol. The molecule has 172 valence electrons. The molecule has 0 amide bonds. The Hall–Kier alpha value is -1.01. The van der Waals surface area contributed by atoms with Gasteiger partial charge in [0.1, 0.15) is 5.84 Å². The first-order valence-electron chi connectivity index (χ1n) is 12.4. The Balaban J connectivity index is 1.49. The summed E-state index contributed by atoms with van der Waals surface area (Å²) in [5.74, 6) is 3.73. The van der Waals surface area contributed by atoms with Crippen LogP contribution in [0.1, 0.15) is 52.4 Å². The van der Waals surface area contributed by atoms with E-state index in [4.69, 9.17) is 33.5 Å². The third-order valence-electron chi connectivity index (χ3n) is 8.77. The maximum absolute atomic E-state index is 6.75. The molecule has 7 rings (SSSR count). The zero-order valence-electron chi connectivity index (χ0n) is 19.2. The van der Waals surface area contributed by atoms with Gasteiger partial charge >= 0.3 is 0 Å². The zero-order chi connectivity index (χ0) is 22.1. The number of rotatable bonds is 3. The molecule has 4 nitrogen and oxygen atoms in total. The predicted octanol–water partition coefficient (Wildman–Crippen LogP) is 5.58. The fourth-order valence-corrected chi connectivity index (χ4v) is 8.36. The lowest BCUT2D eigenvalue weighted by Crippen LogP contribution is -2.54. The van der Waals surface area contributed by atoms with Gasteiger partial charge in [-0.3, -0.25) is 14.8 Å². The van der Waals surface area contributed by atoms with Crippen LogP contribution in [0, 0.1) is 23.2 Å². The molecule has 4 bridgehead atoms. The molecule has 6 heteroatoms. The van der Waals surface area contributed by atoms with Crippen LogP contribution in [0.15, 0.2) is 29.3 Å². The van der Waals surface area contributed by atoms with Gasteiger partial charge in [-0.2, -0.15) is 0 Å². The minimum Gasteiger partial charge on any atom is -0.379 e. The lowest BCUT2D eigenvalue weighted by Gasteiger charge is -2.55. The van der Waals surface area contributed by atoms with E-state index in [2.05, 4.69) is 35.8 Å². The summed E-state index contributed by atoms with van der Waals surface area (Å²) < 4.78 is 5.71. The fourth-order valence-electron chi connectivity index (χ4n) is 7.83. The molecule has 0 aromatic heterocycles. The first kappa shape index (κ1) is 21.5. The summed E-state index contributed by atoms with van der Waals surface area (Å²) >= 11 is 12.9. The van der Waals surface area contributed by atoms with Crippen LogP contribution < -0.4 is 4.90 Å². The zero-order valence-corrected chi connectivity index (χ0v) is 20.8. The van der Waals surface area contributed by atoms with E-state index in [9.17, 15) is 0 Å². The second-order valence-electron chi connectivity index (χ2n) is 11.5. The molecule has 6 fully saturated rings. The van der Waals surface area contributed by atoms with E-state index in [1.54, 1.807) is 0 Å². The van der Waals surface area contributed by atoms with Gasteiger partial charge in [-0.25, -0.2) is 0 Å².